The fourth-order valence-corrected chi connectivity index (χ4v) is 0.888. The van der Waals surface area contributed by atoms with Crippen LogP contribution in [0.2, 0.25) is 0 Å². The fraction of sp³-hybridized carbons (Fsp3) is 0.111. The van der Waals surface area contributed by atoms with Gasteiger partial charge in [0.15, 0.2) is 0 Å². The van der Waals surface area contributed by atoms with Crippen LogP contribution in [0, 0.1) is 0 Å². The summed E-state index contributed by atoms with van der Waals surface area (Å²) in [6.45, 7) is 0.431. The van der Waals surface area contributed by atoms with Crippen molar-refractivity contribution in [1.82, 2.24) is 10.1 Å². The van der Waals surface area contributed by atoms with Gasteiger partial charge < -0.3 is 9.26 Å². The van der Waals surface area contributed by atoms with E-state index in [1.54, 1.807) is 24.7 Å². The summed E-state index contributed by atoms with van der Waals surface area (Å²) in [5.41, 5.74) is 0.894. The second kappa shape index (κ2) is 3.71. The third-order valence-corrected chi connectivity index (χ3v) is 1.51. The Morgan fingerprint density at radius 2 is 2.38 bits per heavy atom. The lowest BCUT2D eigenvalue weighted by Gasteiger charge is -2.00. The zero-order valence-electron chi connectivity index (χ0n) is 6.88. The molecule has 0 N–H and O–H groups in total. The van der Waals surface area contributed by atoms with E-state index in [9.17, 15) is 0 Å². The van der Waals surface area contributed by atoms with Gasteiger partial charge in [0.2, 0.25) is 5.88 Å². The topological polar surface area (TPSA) is 48.2 Å². The van der Waals surface area contributed by atoms with E-state index in [0.29, 0.717) is 12.5 Å². The van der Waals surface area contributed by atoms with Gasteiger partial charge in [0.1, 0.15) is 12.9 Å². The molecule has 0 spiro atoms. The molecule has 0 bridgehead atoms. The highest BCUT2D eigenvalue weighted by molar-refractivity contribution is 5.10. The van der Waals surface area contributed by atoms with E-state index >= 15 is 0 Å². The molecule has 0 saturated heterocycles. The second-order valence-electron chi connectivity index (χ2n) is 2.49. The van der Waals surface area contributed by atoms with E-state index in [1.807, 2.05) is 12.1 Å². The summed E-state index contributed by atoms with van der Waals surface area (Å²) in [6, 6.07) is 5.51. The molecule has 0 unspecified atom stereocenters. The minimum absolute atomic E-state index is 0.431. The van der Waals surface area contributed by atoms with Crippen molar-refractivity contribution in [3.8, 4) is 5.88 Å². The molecule has 2 aromatic heterocycles. The lowest BCUT2D eigenvalue weighted by Crippen LogP contribution is -1.94. The van der Waals surface area contributed by atoms with Crippen LogP contribution < -0.4 is 4.74 Å². The van der Waals surface area contributed by atoms with Gasteiger partial charge in [-0.2, -0.15) is 0 Å². The first kappa shape index (κ1) is 7.79. The third kappa shape index (κ3) is 2.05. The molecule has 0 atom stereocenters. The Balaban J connectivity index is 1.94. The molecule has 0 aliphatic heterocycles. The molecule has 0 radical (unpaired) electrons. The van der Waals surface area contributed by atoms with Crippen LogP contribution in [0.4, 0.5) is 0 Å². The van der Waals surface area contributed by atoms with Gasteiger partial charge in [0, 0.05) is 17.8 Å². The predicted octanol–water partition coefficient (Wildman–Crippen LogP) is 1.65. The SMILES string of the molecule is c1ccc(OCc2cnoc2)nc1. The van der Waals surface area contributed by atoms with Gasteiger partial charge in [-0.1, -0.05) is 11.2 Å². The number of pyridine rings is 1. The average molecular weight is 176 g/mol. The number of hydrogen-bond acceptors (Lipinski definition) is 4. The van der Waals surface area contributed by atoms with Crippen LogP contribution in [-0.2, 0) is 6.61 Å². The maximum Gasteiger partial charge on any atom is 0.213 e. The molecule has 2 rings (SSSR count). The summed E-state index contributed by atoms with van der Waals surface area (Å²) in [5, 5.41) is 3.56. The molecular formula is C9H8N2O2. The highest BCUT2D eigenvalue weighted by Crippen LogP contribution is 2.06. The van der Waals surface area contributed by atoms with E-state index in [4.69, 9.17) is 4.74 Å². The molecule has 0 fully saturated rings. The van der Waals surface area contributed by atoms with Gasteiger partial charge in [-0.3, -0.25) is 0 Å². The van der Waals surface area contributed by atoms with Gasteiger partial charge in [-0.05, 0) is 6.07 Å². The number of ether oxygens (including phenoxy) is 1. The molecule has 0 aromatic carbocycles. The zero-order valence-corrected chi connectivity index (χ0v) is 6.88. The Bertz CT molecular complexity index is 345. The lowest BCUT2D eigenvalue weighted by molar-refractivity contribution is 0.292. The molecule has 0 amide bonds. The molecule has 0 aliphatic carbocycles. The summed E-state index contributed by atoms with van der Waals surface area (Å²) in [4.78, 5) is 4.00. The summed E-state index contributed by atoms with van der Waals surface area (Å²) in [7, 11) is 0. The van der Waals surface area contributed by atoms with Crippen LogP contribution in [0.5, 0.6) is 5.88 Å². The van der Waals surface area contributed by atoms with Gasteiger partial charge in [-0.15, -0.1) is 0 Å². The highest BCUT2D eigenvalue weighted by Gasteiger charge is 1.97. The summed E-state index contributed by atoms with van der Waals surface area (Å²) < 4.78 is 9.99. The Kier molecular flexibility index (Phi) is 2.22. The Morgan fingerprint density at radius 1 is 1.38 bits per heavy atom. The van der Waals surface area contributed by atoms with Crippen molar-refractivity contribution in [1.29, 1.82) is 0 Å². The first-order valence-electron chi connectivity index (χ1n) is 3.87. The number of hydrogen-bond donors (Lipinski definition) is 0. The minimum atomic E-state index is 0.431. The molecule has 0 aliphatic rings. The molecule has 66 valence electrons. The van der Waals surface area contributed by atoms with E-state index in [-0.39, 0.29) is 0 Å². The van der Waals surface area contributed by atoms with E-state index in [1.165, 1.54) is 0 Å². The largest absolute Gasteiger partial charge is 0.473 e. The molecule has 0 saturated carbocycles. The Hall–Kier alpha value is -1.84. The summed E-state index contributed by atoms with van der Waals surface area (Å²) in [6.07, 6.45) is 4.84. The fourth-order valence-electron chi connectivity index (χ4n) is 0.888. The smallest absolute Gasteiger partial charge is 0.213 e. The van der Waals surface area contributed by atoms with Crippen molar-refractivity contribution in [2.45, 2.75) is 6.61 Å². The first-order chi connectivity index (χ1) is 6.45. The van der Waals surface area contributed by atoms with Crippen LogP contribution in [0.1, 0.15) is 5.56 Å². The first-order valence-corrected chi connectivity index (χ1v) is 3.87. The molecule has 4 heteroatoms. The van der Waals surface area contributed by atoms with Gasteiger partial charge in [-0.25, -0.2) is 4.98 Å². The zero-order chi connectivity index (χ0) is 8.93. The van der Waals surface area contributed by atoms with Crippen molar-refractivity contribution in [3.63, 3.8) is 0 Å². The van der Waals surface area contributed by atoms with Crippen molar-refractivity contribution in [2.24, 2.45) is 0 Å². The quantitative estimate of drug-likeness (QED) is 0.713. The minimum Gasteiger partial charge on any atom is -0.473 e. The summed E-state index contributed by atoms with van der Waals surface area (Å²) in [5.74, 6) is 0.601. The van der Waals surface area contributed by atoms with Crippen LogP contribution in [0.3, 0.4) is 0 Å². The Labute approximate surface area is 75.2 Å². The normalized spacial score (nSPS) is 9.85. The predicted molar refractivity (Wildman–Crippen MR) is 45.1 cm³/mol. The van der Waals surface area contributed by atoms with Crippen LogP contribution in [-0.4, -0.2) is 10.1 Å². The molecule has 2 heterocycles. The van der Waals surface area contributed by atoms with Crippen LogP contribution in [0.25, 0.3) is 0 Å². The maximum absolute atomic E-state index is 5.34. The number of nitrogens with zero attached hydrogens (tertiary/aromatic N) is 2. The average Bonchev–Trinajstić information content (AvgIpc) is 2.69. The van der Waals surface area contributed by atoms with Crippen molar-refractivity contribution in [3.05, 3.63) is 42.4 Å². The molecule has 4 nitrogen and oxygen atoms in total. The van der Waals surface area contributed by atoms with Gasteiger partial charge in [0.25, 0.3) is 0 Å². The number of aromatic nitrogens is 2. The van der Waals surface area contributed by atoms with E-state index in [0.717, 1.165) is 5.56 Å². The van der Waals surface area contributed by atoms with Crippen LogP contribution in [0.15, 0.2) is 41.4 Å². The van der Waals surface area contributed by atoms with Crippen molar-refractivity contribution >= 4 is 0 Å². The van der Waals surface area contributed by atoms with Gasteiger partial charge in [0.05, 0.1) is 6.20 Å². The lowest BCUT2D eigenvalue weighted by atomic mass is 10.4. The second-order valence-corrected chi connectivity index (χ2v) is 2.49. The van der Waals surface area contributed by atoms with Gasteiger partial charge >= 0.3 is 0 Å². The molecule has 13 heavy (non-hydrogen) atoms. The van der Waals surface area contributed by atoms with E-state index < -0.39 is 0 Å². The van der Waals surface area contributed by atoms with Crippen LogP contribution >= 0.6 is 0 Å². The molecular weight excluding hydrogens is 168 g/mol. The third-order valence-electron chi connectivity index (χ3n) is 1.51. The highest BCUT2D eigenvalue weighted by atomic mass is 16.5. The Morgan fingerprint density at radius 3 is 3.08 bits per heavy atom. The monoisotopic (exact) mass is 176 g/mol. The standard InChI is InChI=1S/C9H8N2O2/c1-2-4-10-9(3-1)12-6-8-5-11-13-7-8/h1-5,7H,6H2. The van der Waals surface area contributed by atoms with E-state index in [2.05, 4.69) is 14.7 Å². The molecule has 2 aromatic rings. The van der Waals surface area contributed by atoms with Crippen molar-refractivity contribution in [2.75, 3.05) is 0 Å². The maximum atomic E-state index is 5.34. The summed E-state index contributed by atoms with van der Waals surface area (Å²) >= 11 is 0. The van der Waals surface area contributed by atoms with Crippen molar-refractivity contribution < 1.29 is 9.26 Å². The number of rotatable bonds is 3.